The molecule has 8 rings (SSSR count). The summed E-state index contributed by atoms with van der Waals surface area (Å²) in [5.41, 5.74) is 10.8. The van der Waals surface area contributed by atoms with E-state index in [0.29, 0.717) is 17.5 Å². The van der Waals surface area contributed by atoms with Crippen molar-refractivity contribution < 1.29 is 0 Å². The predicted molar refractivity (Wildman–Crippen MR) is 193 cm³/mol. The van der Waals surface area contributed by atoms with Gasteiger partial charge in [0.2, 0.25) is 0 Å². The fraction of sp³-hybridized carbons (Fsp3) is 0. The Balaban J connectivity index is 1.33. The van der Waals surface area contributed by atoms with E-state index < -0.39 is 0 Å². The Morgan fingerprint density at radius 1 is 0.250 bits per heavy atom. The molecule has 0 atom stereocenters. The molecule has 0 amide bonds. The van der Waals surface area contributed by atoms with Gasteiger partial charge in [-0.15, -0.1) is 0 Å². The average molecular weight is 616 g/mol. The highest BCUT2D eigenvalue weighted by Crippen LogP contribution is 2.34. The predicted octanol–water partition coefficient (Wildman–Crippen LogP) is 10.3. The fourth-order valence-electron chi connectivity index (χ4n) is 5.82. The summed E-state index contributed by atoms with van der Waals surface area (Å²) >= 11 is 0. The molecule has 0 aliphatic carbocycles. The highest BCUT2D eigenvalue weighted by molar-refractivity contribution is 5.81. The summed E-state index contributed by atoms with van der Waals surface area (Å²) in [5, 5.41) is 0. The van der Waals surface area contributed by atoms with Crippen molar-refractivity contribution in [1.82, 2.24) is 24.9 Å². The van der Waals surface area contributed by atoms with Gasteiger partial charge in [-0.3, -0.25) is 9.97 Å². The molecule has 3 aromatic heterocycles. The summed E-state index contributed by atoms with van der Waals surface area (Å²) < 4.78 is 0. The van der Waals surface area contributed by atoms with E-state index in [1.54, 1.807) is 12.4 Å². The second-order valence-corrected chi connectivity index (χ2v) is 11.4. The van der Waals surface area contributed by atoms with Gasteiger partial charge in [0.1, 0.15) is 0 Å². The summed E-state index contributed by atoms with van der Waals surface area (Å²) in [6.07, 6.45) is 3.61. The van der Waals surface area contributed by atoms with E-state index in [4.69, 9.17) is 15.0 Å². The third-order valence-electron chi connectivity index (χ3n) is 8.20. The molecule has 5 aromatic carbocycles. The number of aromatic nitrogens is 5. The quantitative estimate of drug-likeness (QED) is 0.178. The summed E-state index contributed by atoms with van der Waals surface area (Å²) in [6, 6.07) is 55.6. The molecule has 0 aliphatic heterocycles. The van der Waals surface area contributed by atoms with Gasteiger partial charge >= 0.3 is 0 Å². The lowest BCUT2D eigenvalue weighted by Crippen LogP contribution is -2.01. The molecule has 8 aromatic rings. The molecule has 0 unspecified atom stereocenters. The SMILES string of the molecule is c1ccc(-c2cc(-c3ccccc3)cc(-c3nc(-c4cccc(-c5ccccn5)c4)nc(-c4cccc(-c5ccccn5)c4)n3)c2)cc1. The molecular formula is C43H29N5. The number of hydrogen-bond donors (Lipinski definition) is 0. The normalized spacial score (nSPS) is 10.9. The summed E-state index contributed by atoms with van der Waals surface area (Å²) in [7, 11) is 0. The van der Waals surface area contributed by atoms with E-state index in [1.165, 1.54) is 0 Å². The van der Waals surface area contributed by atoms with Crippen LogP contribution in [0.3, 0.4) is 0 Å². The Kier molecular flexibility index (Phi) is 7.83. The van der Waals surface area contributed by atoms with Crippen LogP contribution in [-0.4, -0.2) is 24.9 Å². The smallest absolute Gasteiger partial charge is 0.164 e. The van der Waals surface area contributed by atoms with Crippen molar-refractivity contribution in [3.05, 3.63) is 176 Å². The van der Waals surface area contributed by atoms with Crippen molar-refractivity contribution in [3.63, 3.8) is 0 Å². The van der Waals surface area contributed by atoms with Gasteiger partial charge in [-0.05, 0) is 76.9 Å². The highest BCUT2D eigenvalue weighted by atomic mass is 15.0. The van der Waals surface area contributed by atoms with Crippen LogP contribution in [0.2, 0.25) is 0 Å². The standard InChI is InChI=1S/C43H29N5/c1-3-13-30(14-4-1)36-27-37(31-15-5-2-6-16-31)29-38(28-36)43-47-41(34-19-11-17-32(25-34)39-21-7-9-23-44-39)46-42(48-43)35-20-12-18-33(26-35)40-22-8-10-24-45-40/h1-29H. The van der Waals surface area contributed by atoms with Gasteiger partial charge in [0.15, 0.2) is 17.5 Å². The molecule has 0 saturated heterocycles. The largest absolute Gasteiger partial charge is 0.256 e. The van der Waals surface area contributed by atoms with E-state index in [0.717, 1.165) is 61.5 Å². The van der Waals surface area contributed by atoms with Crippen LogP contribution >= 0.6 is 0 Å². The Hall–Kier alpha value is -6.59. The van der Waals surface area contributed by atoms with Crippen molar-refractivity contribution in [1.29, 1.82) is 0 Å². The molecule has 0 aliphatic rings. The minimum atomic E-state index is 0.586. The highest BCUT2D eigenvalue weighted by Gasteiger charge is 2.16. The molecule has 5 nitrogen and oxygen atoms in total. The molecule has 0 spiro atoms. The number of hydrogen-bond acceptors (Lipinski definition) is 5. The maximum atomic E-state index is 5.13. The monoisotopic (exact) mass is 615 g/mol. The van der Waals surface area contributed by atoms with Gasteiger partial charge in [0.25, 0.3) is 0 Å². The maximum absolute atomic E-state index is 5.13. The first-order chi connectivity index (χ1) is 23.8. The lowest BCUT2D eigenvalue weighted by Gasteiger charge is -2.13. The lowest BCUT2D eigenvalue weighted by atomic mass is 9.96. The lowest BCUT2D eigenvalue weighted by molar-refractivity contribution is 1.07. The van der Waals surface area contributed by atoms with Crippen LogP contribution in [0.25, 0.3) is 78.9 Å². The Morgan fingerprint density at radius 2 is 0.604 bits per heavy atom. The maximum Gasteiger partial charge on any atom is 0.164 e. The van der Waals surface area contributed by atoms with Gasteiger partial charge in [0.05, 0.1) is 11.4 Å². The van der Waals surface area contributed by atoms with Crippen LogP contribution in [-0.2, 0) is 0 Å². The molecule has 0 radical (unpaired) electrons. The van der Waals surface area contributed by atoms with Crippen LogP contribution in [0.4, 0.5) is 0 Å². The van der Waals surface area contributed by atoms with Crippen LogP contribution in [0.1, 0.15) is 0 Å². The first-order valence-electron chi connectivity index (χ1n) is 15.8. The average Bonchev–Trinajstić information content (AvgIpc) is 3.19. The Labute approximate surface area is 279 Å². The van der Waals surface area contributed by atoms with Crippen LogP contribution in [0, 0.1) is 0 Å². The number of nitrogens with zero attached hydrogens (tertiary/aromatic N) is 5. The topological polar surface area (TPSA) is 64.5 Å². The van der Waals surface area contributed by atoms with Crippen molar-refractivity contribution in [2.45, 2.75) is 0 Å². The Morgan fingerprint density at radius 3 is 1.04 bits per heavy atom. The van der Waals surface area contributed by atoms with E-state index in [-0.39, 0.29) is 0 Å². The summed E-state index contributed by atoms with van der Waals surface area (Å²) in [6.45, 7) is 0. The number of pyridine rings is 2. The first kappa shape index (κ1) is 28.9. The minimum absolute atomic E-state index is 0.586. The minimum Gasteiger partial charge on any atom is -0.256 e. The molecule has 0 N–H and O–H groups in total. The second-order valence-electron chi connectivity index (χ2n) is 11.4. The first-order valence-corrected chi connectivity index (χ1v) is 15.8. The van der Waals surface area contributed by atoms with E-state index in [2.05, 4.69) is 101 Å². The molecule has 226 valence electrons. The van der Waals surface area contributed by atoms with Crippen molar-refractivity contribution in [2.75, 3.05) is 0 Å². The summed E-state index contributed by atoms with van der Waals surface area (Å²) in [4.78, 5) is 24.5. The van der Waals surface area contributed by atoms with E-state index in [1.807, 2.05) is 72.8 Å². The molecule has 5 heteroatoms. The van der Waals surface area contributed by atoms with Crippen LogP contribution < -0.4 is 0 Å². The zero-order chi connectivity index (χ0) is 32.1. The van der Waals surface area contributed by atoms with E-state index in [9.17, 15) is 0 Å². The van der Waals surface area contributed by atoms with Gasteiger partial charge in [-0.1, -0.05) is 109 Å². The molecule has 48 heavy (non-hydrogen) atoms. The fourth-order valence-corrected chi connectivity index (χ4v) is 5.82. The number of benzene rings is 5. The van der Waals surface area contributed by atoms with Crippen LogP contribution in [0.5, 0.6) is 0 Å². The van der Waals surface area contributed by atoms with Gasteiger partial charge in [-0.25, -0.2) is 15.0 Å². The third-order valence-corrected chi connectivity index (χ3v) is 8.20. The number of rotatable bonds is 7. The third kappa shape index (κ3) is 6.13. The molecule has 3 heterocycles. The summed E-state index contributed by atoms with van der Waals surface area (Å²) in [5.74, 6) is 1.77. The van der Waals surface area contributed by atoms with E-state index >= 15 is 0 Å². The zero-order valence-corrected chi connectivity index (χ0v) is 26.0. The van der Waals surface area contributed by atoms with Crippen LogP contribution in [0.15, 0.2) is 176 Å². The van der Waals surface area contributed by atoms with Gasteiger partial charge in [0, 0.05) is 40.2 Å². The van der Waals surface area contributed by atoms with Gasteiger partial charge < -0.3 is 0 Å². The molecule has 0 fully saturated rings. The Bertz CT molecular complexity index is 2170. The van der Waals surface area contributed by atoms with Crippen molar-refractivity contribution in [2.24, 2.45) is 0 Å². The molecule has 0 saturated carbocycles. The molecule has 0 bridgehead atoms. The van der Waals surface area contributed by atoms with Gasteiger partial charge in [-0.2, -0.15) is 0 Å². The zero-order valence-electron chi connectivity index (χ0n) is 26.0. The van der Waals surface area contributed by atoms with Crippen molar-refractivity contribution in [3.8, 4) is 78.9 Å². The van der Waals surface area contributed by atoms with Crippen molar-refractivity contribution >= 4 is 0 Å². The molecular weight excluding hydrogens is 587 g/mol. The second kappa shape index (κ2) is 13.0.